The second-order valence-electron chi connectivity index (χ2n) is 5.75. The predicted molar refractivity (Wildman–Crippen MR) is 77.0 cm³/mol. The summed E-state index contributed by atoms with van der Waals surface area (Å²) in [5.74, 6) is -0.499. The lowest BCUT2D eigenvalue weighted by atomic mass is 9.96. The lowest BCUT2D eigenvalue weighted by Gasteiger charge is -2.36. The zero-order chi connectivity index (χ0) is 14.8. The van der Waals surface area contributed by atoms with E-state index in [1.807, 2.05) is 14.1 Å². The molecule has 1 aromatic carbocycles. The average Bonchev–Trinajstić information content (AvgIpc) is 2.84. The fourth-order valence-electron chi connectivity index (χ4n) is 2.89. The molecule has 1 aliphatic rings. The standard InChI is InChI=1S/C15H22N2O3/c1-17(2)15(5-3-4-6-15)10-16-14(20)11-7-12(18)9-13(19)8-11/h7-9,18-19H,3-6,10H2,1-2H3,(H,16,20). The van der Waals surface area contributed by atoms with Crippen LogP contribution in [0, 0.1) is 0 Å². The first-order valence-corrected chi connectivity index (χ1v) is 6.92. The topological polar surface area (TPSA) is 72.8 Å². The van der Waals surface area contributed by atoms with Crippen LogP contribution in [0.1, 0.15) is 36.0 Å². The van der Waals surface area contributed by atoms with Gasteiger partial charge >= 0.3 is 0 Å². The average molecular weight is 278 g/mol. The van der Waals surface area contributed by atoms with Gasteiger partial charge in [0.25, 0.3) is 5.91 Å². The lowest BCUT2D eigenvalue weighted by molar-refractivity contribution is 0.0899. The van der Waals surface area contributed by atoms with Crippen molar-refractivity contribution in [3.63, 3.8) is 0 Å². The van der Waals surface area contributed by atoms with E-state index in [-0.39, 0.29) is 28.5 Å². The summed E-state index contributed by atoms with van der Waals surface area (Å²) in [6.45, 7) is 0.579. The first kappa shape index (κ1) is 14.7. The second-order valence-corrected chi connectivity index (χ2v) is 5.75. The quantitative estimate of drug-likeness (QED) is 0.784. The van der Waals surface area contributed by atoms with Gasteiger partial charge in [0.2, 0.25) is 0 Å². The van der Waals surface area contributed by atoms with Crippen molar-refractivity contribution < 1.29 is 15.0 Å². The molecule has 0 aromatic heterocycles. The number of hydrogen-bond donors (Lipinski definition) is 3. The summed E-state index contributed by atoms with van der Waals surface area (Å²) in [5, 5.41) is 21.7. The van der Waals surface area contributed by atoms with Gasteiger partial charge in [0.05, 0.1) is 0 Å². The number of benzene rings is 1. The van der Waals surface area contributed by atoms with E-state index in [1.54, 1.807) is 0 Å². The SMILES string of the molecule is CN(C)C1(CNC(=O)c2cc(O)cc(O)c2)CCCC1. The molecule has 0 atom stereocenters. The number of likely N-dealkylation sites (N-methyl/N-ethyl adjacent to an activating group) is 1. The molecule has 1 saturated carbocycles. The Bertz CT molecular complexity index is 474. The number of nitrogens with zero attached hydrogens (tertiary/aromatic N) is 1. The summed E-state index contributed by atoms with van der Waals surface area (Å²) < 4.78 is 0. The van der Waals surface area contributed by atoms with Gasteiger partial charge in [-0.3, -0.25) is 4.79 Å². The zero-order valence-corrected chi connectivity index (χ0v) is 12.0. The fraction of sp³-hybridized carbons (Fsp3) is 0.533. The van der Waals surface area contributed by atoms with Crippen LogP contribution in [-0.2, 0) is 0 Å². The van der Waals surface area contributed by atoms with Gasteiger partial charge < -0.3 is 20.4 Å². The Morgan fingerprint density at radius 1 is 1.20 bits per heavy atom. The van der Waals surface area contributed by atoms with Crippen LogP contribution < -0.4 is 5.32 Å². The third kappa shape index (κ3) is 3.04. The summed E-state index contributed by atoms with van der Waals surface area (Å²) in [5.41, 5.74) is 0.295. The molecule has 0 saturated heterocycles. The van der Waals surface area contributed by atoms with E-state index in [4.69, 9.17) is 0 Å². The highest BCUT2D eigenvalue weighted by atomic mass is 16.3. The maximum Gasteiger partial charge on any atom is 0.251 e. The van der Waals surface area contributed by atoms with Crippen LogP contribution in [0.4, 0.5) is 0 Å². The summed E-state index contributed by atoms with van der Waals surface area (Å²) in [6.07, 6.45) is 4.51. The minimum atomic E-state index is -0.274. The normalized spacial score (nSPS) is 17.4. The van der Waals surface area contributed by atoms with Crippen LogP contribution in [0.3, 0.4) is 0 Å². The van der Waals surface area contributed by atoms with Crippen molar-refractivity contribution in [3.8, 4) is 11.5 Å². The van der Waals surface area contributed by atoms with E-state index in [9.17, 15) is 15.0 Å². The van der Waals surface area contributed by atoms with Crippen molar-refractivity contribution in [3.05, 3.63) is 23.8 Å². The molecular formula is C15H22N2O3. The highest BCUT2D eigenvalue weighted by Crippen LogP contribution is 2.33. The molecule has 0 bridgehead atoms. The number of hydrogen-bond acceptors (Lipinski definition) is 4. The van der Waals surface area contributed by atoms with Crippen molar-refractivity contribution in [1.82, 2.24) is 10.2 Å². The Labute approximate surface area is 119 Å². The molecule has 0 spiro atoms. The van der Waals surface area contributed by atoms with Crippen LogP contribution in [0.2, 0.25) is 0 Å². The Kier molecular flexibility index (Phi) is 4.18. The largest absolute Gasteiger partial charge is 0.508 e. The smallest absolute Gasteiger partial charge is 0.251 e. The van der Waals surface area contributed by atoms with Crippen LogP contribution >= 0.6 is 0 Å². The van der Waals surface area contributed by atoms with Gasteiger partial charge in [0.15, 0.2) is 0 Å². The van der Waals surface area contributed by atoms with Gasteiger partial charge in [-0.1, -0.05) is 12.8 Å². The van der Waals surface area contributed by atoms with E-state index in [2.05, 4.69) is 10.2 Å². The van der Waals surface area contributed by atoms with E-state index in [1.165, 1.54) is 31.0 Å². The zero-order valence-electron chi connectivity index (χ0n) is 12.0. The molecule has 5 nitrogen and oxygen atoms in total. The monoisotopic (exact) mass is 278 g/mol. The number of aromatic hydroxyl groups is 2. The number of phenols is 2. The summed E-state index contributed by atoms with van der Waals surface area (Å²) in [6, 6.07) is 3.91. The van der Waals surface area contributed by atoms with E-state index in [0.29, 0.717) is 6.54 Å². The highest BCUT2D eigenvalue weighted by molar-refractivity contribution is 5.95. The molecule has 1 fully saturated rings. The van der Waals surface area contributed by atoms with Gasteiger partial charge in [-0.2, -0.15) is 0 Å². The minimum absolute atomic E-state index is 0.0224. The molecule has 0 heterocycles. The number of carbonyl (C=O) groups is 1. The van der Waals surface area contributed by atoms with Gasteiger partial charge in [0, 0.05) is 23.7 Å². The maximum absolute atomic E-state index is 12.1. The maximum atomic E-state index is 12.1. The Hall–Kier alpha value is -1.75. The Balaban J connectivity index is 2.04. The van der Waals surface area contributed by atoms with E-state index < -0.39 is 0 Å². The fourth-order valence-corrected chi connectivity index (χ4v) is 2.89. The number of amides is 1. The molecule has 1 aromatic rings. The molecule has 3 N–H and O–H groups in total. The summed E-state index contributed by atoms with van der Waals surface area (Å²) in [7, 11) is 4.08. The summed E-state index contributed by atoms with van der Waals surface area (Å²) in [4.78, 5) is 14.3. The number of carbonyl (C=O) groups excluding carboxylic acids is 1. The second kappa shape index (κ2) is 5.71. The van der Waals surface area contributed by atoms with Crippen molar-refractivity contribution in [2.75, 3.05) is 20.6 Å². The molecular weight excluding hydrogens is 256 g/mol. The molecule has 1 amide bonds. The molecule has 5 heteroatoms. The van der Waals surface area contributed by atoms with Crippen molar-refractivity contribution in [1.29, 1.82) is 0 Å². The van der Waals surface area contributed by atoms with Crippen molar-refractivity contribution in [2.24, 2.45) is 0 Å². The molecule has 0 unspecified atom stereocenters. The number of phenolic OH excluding ortho intramolecular Hbond substituents is 2. The van der Waals surface area contributed by atoms with Crippen LogP contribution in [0.5, 0.6) is 11.5 Å². The number of rotatable bonds is 4. The van der Waals surface area contributed by atoms with Gasteiger partial charge in [-0.05, 0) is 39.1 Å². The third-order valence-electron chi connectivity index (χ3n) is 4.23. The number of nitrogens with one attached hydrogen (secondary N) is 1. The first-order valence-electron chi connectivity index (χ1n) is 6.92. The van der Waals surface area contributed by atoms with E-state index >= 15 is 0 Å². The third-order valence-corrected chi connectivity index (χ3v) is 4.23. The first-order chi connectivity index (χ1) is 9.43. The van der Waals surface area contributed by atoms with Gasteiger partial charge in [-0.25, -0.2) is 0 Å². The minimum Gasteiger partial charge on any atom is -0.508 e. The Morgan fingerprint density at radius 3 is 2.25 bits per heavy atom. The molecule has 1 aliphatic carbocycles. The molecule has 2 rings (SSSR count). The van der Waals surface area contributed by atoms with Gasteiger partial charge in [0.1, 0.15) is 11.5 Å². The van der Waals surface area contributed by atoms with Crippen LogP contribution in [-0.4, -0.2) is 47.2 Å². The van der Waals surface area contributed by atoms with Gasteiger partial charge in [-0.15, -0.1) is 0 Å². The summed E-state index contributed by atoms with van der Waals surface area (Å²) >= 11 is 0. The molecule has 110 valence electrons. The molecule has 0 aliphatic heterocycles. The Morgan fingerprint density at radius 2 is 1.75 bits per heavy atom. The van der Waals surface area contributed by atoms with Crippen molar-refractivity contribution >= 4 is 5.91 Å². The molecule has 0 radical (unpaired) electrons. The van der Waals surface area contributed by atoms with Crippen molar-refractivity contribution in [2.45, 2.75) is 31.2 Å². The van der Waals surface area contributed by atoms with Crippen LogP contribution in [0.25, 0.3) is 0 Å². The predicted octanol–water partition coefficient (Wildman–Crippen LogP) is 1.70. The molecule has 20 heavy (non-hydrogen) atoms. The van der Waals surface area contributed by atoms with E-state index in [0.717, 1.165) is 12.8 Å². The van der Waals surface area contributed by atoms with Crippen LogP contribution in [0.15, 0.2) is 18.2 Å². The highest BCUT2D eigenvalue weighted by Gasteiger charge is 2.36. The lowest BCUT2D eigenvalue weighted by Crippen LogP contribution is -2.50.